The van der Waals surface area contributed by atoms with Gasteiger partial charge in [0.05, 0.1) is 26.4 Å². The van der Waals surface area contributed by atoms with Gasteiger partial charge in [0, 0.05) is 59.5 Å². The Morgan fingerprint density at radius 2 is 0.510 bits per heavy atom. The van der Waals surface area contributed by atoms with E-state index >= 15 is 0 Å². The number of nitrogens with one attached hydrogen (secondary N) is 4. The van der Waals surface area contributed by atoms with Gasteiger partial charge in [0.25, 0.3) is 0 Å². The van der Waals surface area contributed by atoms with Crippen molar-refractivity contribution in [2.24, 2.45) is 5.73 Å². The van der Waals surface area contributed by atoms with Gasteiger partial charge in [-0.3, -0.25) is 54.1 Å². The Morgan fingerprint density at radius 3 is 0.720 bits per heavy atom. The van der Waals surface area contributed by atoms with Gasteiger partial charge in [-0.25, -0.2) is 93.0 Å². The van der Waals surface area contributed by atoms with E-state index in [4.69, 9.17) is 152 Å². The SMILES string of the molecule is CC(=O)NC1[C@@H](O[C@@H]2[CH-]O[C@@H](O[C@@H]3C(COS(=O)(=O)[O-])O[C@H](O[C@@H]4[CH-]O[C@@H](O[C@@H]5C(COS(=O)(=O)[O-])O[C@H](O[C@@H]6[CH-]O[C@@H](O[C@@H]7C(COS(=O)(=O)[O-])O[C@H](O[C@@H]8[CH-]O[C@@H](OCCCCCN)[CH-][C@@H]8O)C(NC(C)=O)[C@H]7O)[CH-][C@@H]6O)C(NC(C)=O)[C@H]5O)[CH-][C@@H]4O)C(NC(C)=O)[C@H]3O)[CH-][C@@H]2O)OC(COS(=O)(=O)[O-])[C@@H](O)[C@@H]1O.O=S(=O)([O-])O.O=S(=O)([O-])O.O=S(=O)([O-])O.O=S(=O)([O-])O.[Na+].[Na+].[Na+].[Na+].[Na+].[Na+].[Na+].[Na+].[Na+].[Na+].[Na+].[Na+]. The minimum atomic E-state index is -5.63. The second kappa shape index (κ2) is 79.1. The predicted octanol–water partition coefficient (Wildman–Crippen LogP) is -52.1. The first-order valence-electron chi connectivity index (χ1n) is 36.2. The maximum absolute atomic E-state index is 12.8. The fourth-order valence-corrected chi connectivity index (χ4v) is 13.2. The molecular formula is C57H89N5Na12O61S8-4. The van der Waals surface area contributed by atoms with Gasteiger partial charge in [0.1, 0.15) is 97.4 Å². The van der Waals surface area contributed by atoms with Crippen LogP contribution in [0.4, 0.5) is 0 Å². The van der Waals surface area contributed by atoms with Crippen LogP contribution in [-0.4, -0.2) is 428 Å². The summed E-state index contributed by atoms with van der Waals surface area (Å²) in [4.78, 5) is 50.0. The molecule has 0 aliphatic carbocycles. The van der Waals surface area contributed by atoms with Crippen LogP contribution in [0.3, 0.4) is 0 Å². The van der Waals surface area contributed by atoms with Gasteiger partial charge in [0.15, 0.2) is 25.2 Å². The average Bonchev–Trinajstić information content (AvgIpc) is 0.779. The topological polar surface area (TPSA) is 1050 Å². The van der Waals surface area contributed by atoms with Crippen LogP contribution in [0.15, 0.2) is 0 Å². The quantitative estimate of drug-likeness (QED) is 0.00910. The zero-order valence-corrected chi connectivity index (χ0v) is 109. The molecule has 0 aromatic heterocycles. The van der Waals surface area contributed by atoms with E-state index in [2.05, 4.69) is 38.0 Å². The molecule has 4 amide bonds. The minimum Gasteiger partial charge on any atom is -0.726 e. The van der Waals surface area contributed by atoms with Gasteiger partial charge in [-0.1, -0.05) is 24.4 Å². The van der Waals surface area contributed by atoms with Crippen molar-refractivity contribution in [3.8, 4) is 0 Å². The average molecular weight is 2350 g/mol. The number of unbranched alkanes of at least 4 members (excludes halogenated alkanes) is 2. The molecule has 8 aliphatic rings. The molecule has 32 atom stereocenters. The normalized spacial score (nSPS) is 32.9. The van der Waals surface area contributed by atoms with Crippen molar-refractivity contribution in [1.82, 2.24) is 21.3 Å². The third-order valence-electron chi connectivity index (χ3n) is 17.0. The van der Waals surface area contributed by atoms with E-state index in [1.165, 1.54) is 6.42 Å². The largest absolute Gasteiger partial charge is 1.00 e. The monoisotopic (exact) mass is 2350 g/mol. The van der Waals surface area contributed by atoms with Gasteiger partial charge in [-0.2, -0.15) is 26.4 Å². The van der Waals surface area contributed by atoms with E-state index in [1.807, 2.05) is 0 Å². The summed E-state index contributed by atoms with van der Waals surface area (Å²) in [5, 5.41) is 112. The first kappa shape index (κ1) is 168. The number of carbonyl (C=O) groups is 4. The Kier molecular flexibility index (Phi) is 93.1. The van der Waals surface area contributed by atoms with Crippen molar-refractivity contribution in [2.75, 3.05) is 39.6 Å². The maximum Gasteiger partial charge on any atom is 1.00 e. The fraction of sp³-hybridized carbons (Fsp3) is 0.789. The van der Waals surface area contributed by atoms with Crippen molar-refractivity contribution in [3.63, 3.8) is 0 Å². The van der Waals surface area contributed by atoms with Crippen LogP contribution in [0, 0.1) is 52.1 Å². The Morgan fingerprint density at radius 1 is 0.308 bits per heavy atom. The third kappa shape index (κ3) is 70.9. The van der Waals surface area contributed by atoms with Crippen molar-refractivity contribution >= 4 is 107 Å². The number of amides is 4. The number of hydrogen-bond donors (Lipinski definition) is 18. The van der Waals surface area contributed by atoms with Crippen LogP contribution in [-0.2, 0) is 195 Å². The number of aliphatic hydroxyl groups is 9. The predicted molar refractivity (Wildman–Crippen MR) is 388 cm³/mol. The second-order valence-electron chi connectivity index (χ2n) is 27.2. The van der Waals surface area contributed by atoms with E-state index < -0.39 is 330 Å². The molecule has 0 radical (unpaired) electrons. The molecule has 0 spiro atoms. The maximum atomic E-state index is 12.8. The van der Waals surface area contributed by atoms with Gasteiger partial charge >= 0.3 is 355 Å². The van der Waals surface area contributed by atoms with Crippen molar-refractivity contribution in [2.45, 2.75) is 244 Å². The van der Waals surface area contributed by atoms with Crippen LogP contribution in [0.25, 0.3) is 0 Å². The molecule has 0 aromatic rings. The van der Waals surface area contributed by atoms with Crippen LogP contribution in [0.2, 0.25) is 0 Å². The van der Waals surface area contributed by atoms with Crippen LogP contribution >= 0.6 is 0 Å². The molecule has 8 aliphatic heterocycles. The molecule has 0 saturated carbocycles. The van der Waals surface area contributed by atoms with E-state index in [0.717, 1.165) is 79.6 Å². The minimum absolute atomic E-state index is 0. The van der Waals surface area contributed by atoms with Gasteiger partial charge in [-0.05, 0) is 50.2 Å². The summed E-state index contributed by atoms with van der Waals surface area (Å²) in [5.74, 6) is -3.45. The molecule has 0 aromatic carbocycles. The smallest absolute Gasteiger partial charge is 0.726 e. The standard InChI is InChI=1S/C57H89N5O45S4.12Na.4H2O4S/c1-22(63)59-42-47(72)46(71)34(18-93-108(76,77)78)101-54(42)97-31-15-90-39(11-27(31)68)105-52-36(20-95-110(82,83)84)103-56(44(49(52)74)61-24(3)65)99-33-17-92-41(13-29(33)70)107-53-37(21-96-111(85,86)87)104-57(45(50(53)75)62-25(4)66)100-32-16-91-40(12-28(32)69)106-51-35(19-94-109(79,80)81)102-55(43(48(51)73)60-23(2)64)98-30-14-89-38(10-26(30)67)88-9-7-5-6-8-58;;;;;;;;;;;;;4*1-5(2,3)4/h10-17,26-57,67-75H,5-9,18-21,58H2,1-4H3,(H,59,63)(H,60,64)(H,61,65)(H,62,66)(H,76,77,78)(H,79,80,81)(H,82,83,84)(H,85,86,87);;;;;;;;;;;;;4*(H2,1,2,3,4)/q-8;12*+1;;;;/p-8/t26-,27-,28-,29-,30+,31+,32+,33+,34?,35?,36?,37?,38+,39-,40-,41-,42?,43?,44?,45?,46+,47+,48+,49+,50+,51+,52+,53+,54-,55-,56-,57-;;;;;;;;;;;;;;;;/m0................/s1. The molecule has 0 bridgehead atoms. The number of ether oxygens (including phenoxy) is 16. The number of nitrogens with two attached hydrogens (primary N) is 1. The molecule has 66 nitrogen and oxygen atoms in total. The van der Waals surface area contributed by atoms with Crippen LogP contribution in [0.5, 0.6) is 0 Å². The van der Waals surface area contributed by atoms with Gasteiger partial charge < -0.3 is 185 Å². The van der Waals surface area contributed by atoms with Crippen molar-refractivity contribution < 1.29 is 634 Å². The first-order valence-corrected chi connectivity index (χ1v) is 46.9. The molecule has 8 rings (SSSR count). The number of carbonyl (C=O) groups excluding carboxylic acids is 4. The van der Waals surface area contributed by atoms with Gasteiger partial charge in [0.2, 0.25) is 107 Å². The first-order chi connectivity index (χ1) is 59.9. The molecule has 86 heteroatoms. The Hall–Kier alpha value is 7.80. The Labute approximate surface area is 1090 Å². The molecule has 143 heavy (non-hydrogen) atoms. The second-order valence-corrected chi connectivity index (χ2v) is 34.9. The number of aliphatic hydroxyl groups excluding tert-OH is 9. The van der Waals surface area contributed by atoms with E-state index in [-0.39, 0.29) is 361 Å². The summed E-state index contributed by atoms with van der Waals surface area (Å²) in [6.07, 6.45) is -46.2. The molecule has 8 saturated heterocycles. The van der Waals surface area contributed by atoms with Crippen molar-refractivity contribution in [1.29, 1.82) is 0 Å². The molecule has 19 N–H and O–H groups in total. The number of rotatable bonds is 36. The Bertz CT molecular complexity index is 4450. The fourth-order valence-electron chi connectivity index (χ4n) is 12.0. The van der Waals surface area contributed by atoms with Crippen LogP contribution in [0.1, 0.15) is 47.0 Å². The van der Waals surface area contributed by atoms with Crippen molar-refractivity contribution in [3.05, 3.63) is 52.1 Å². The van der Waals surface area contributed by atoms with Crippen LogP contribution < -0.4 is 382 Å². The Balaban J connectivity index is -0.000000728. The molecular weight excluding hydrogens is 2260 g/mol. The molecule has 772 valence electrons. The van der Waals surface area contributed by atoms with Gasteiger partial charge in [-0.15, -0.1) is 0 Å². The zero-order valence-electron chi connectivity index (χ0n) is 78.7. The molecule has 8 fully saturated rings. The summed E-state index contributed by atoms with van der Waals surface area (Å²) >= 11 is 0. The molecule has 8 heterocycles. The number of hydrogen-bond acceptors (Lipinski definition) is 58. The summed E-state index contributed by atoms with van der Waals surface area (Å²) in [5.41, 5.74) is 5.52. The summed E-state index contributed by atoms with van der Waals surface area (Å²) in [7, 11) is -41.8. The third-order valence-corrected chi connectivity index (χ3v) is 18.7. The van der Waals surface area contributed by atoms with E-state index in [0.29, 0.717) is 19.6 Å². The zero-order chi connectivity index (χ0) is 99.8. The summed E-state index contributed by atoms with van der Waals surface area (Å²) in [6.45, 7) is 2.83. The van der Waals surface area contributed by atoms with E-state index in [9.17, 15) is 117 Å². The summed E-state index contributed by atoms with van der Waals surface area (Å²) < 4.78 is 381. The van der Waals surface area contributed by atoms with E-state index in [1.54, 1.807) is 0 Å². The molecule has 8 unspecified atom stereocenters. The summed E-state index contributed by atoms with van der Waals surface area (Å²) in [6, 6.07) is -6.98.